The molecule has 1 aromatic carbocycles. The van der Waals surface area contributed by atoms with Gasteiger partial charge < -0.3 is 10.4 Å². The van der Waals surface area contributed by atoms with E-state index < -0.39 is 11.7 Å². The summed E-state index contributed by atoms with van der Waals surface area (Å²) < 4.78 is 38.1. The van der Waals surface area contributed by atoms with E-state index in [-0.39, 0.29) is 22.4 Å². The van der Waals surface area contributed by atoms with Crippen LogP contribution in [-0.2, 0) is 12.6 Å². The van der Waals surface area contributed by atoms with Crippen LogP contribution in [-0.4, -0.2) is 17.7 Å². The zero-order valence-electron chi connectivity index (χ0n) is 10.2. The topological polar surface area (TPSA) is 32.3 Å². The second-order valence-corrected chi connectivity index (χ2v) is 5.22. The third kappa shape index (κ3) is 3.54. The summed E-state index contributed by atoms with van der Waals surface area (Å²) >= 11 is 5.67. The summed E-state index contributed by atoms with van der Waals surface area (Å²) in [5, 5.41) is 12.8. The molecule has 1 fully saturated rings. The Bertz CT molecular complexity index is 456. The van der Waals surface area contributed by atoms with E-state index in [4.69, 9.17) is 11.6 Å². The molecular weight excluding hydrogens is 279 g/mol. The summed E-state index contributed by atoms with van der Waals surface area (Å²) in [6.45, 7) is 0.859. The van der Waals surface area contributed by atoms with Gasteiger partial charge in [0.05, 0.1) is 10.6 Å². The van der Waals surface area contributed by atoms with E-state index in [9.17, 15) is 18.3 Å². The summed E-state index contributed by atoms with van der Waals surface area (Å²) in [6.07, 6.45) is -1.08. The van der Waals surface area contributed by atoms with Gasteiger partial charge in [0.1, 0.15) is 5.75 Å². The molecule has 2 N–H and O–H groups in total. The minimum absolute atomic E-state index is 0.0965. The predicted molar refractivity (Wildman–Crippen MR) is 67.5 cm³/mol. The quantitative estimate of drug-likeness (QED) is 0.870. The van der Waals surface area contributed by atoms with Crippen molar-refractivity contribution in [2.75, 3.05) is 6.54 Å². The molecule has 1 aliphatic rings. The third-order valence-electron chi connectivity index (χ3n) is 3.35. The van der Waals surface area contributed by atoms with Crippen LogP contribution in [0.4, 0.5) is 13.2 Å². The van der Waals surface area contributed by atoms with Crippen molar-refractivity contribution in [2.45, 2.75) is 37.9 Å². The number of hydrogen-bond donors (Lipinski definition) is 2. The molecule has 1 heterocycles. The van der Waals surface area contributed by atoms with Crippen molar-refractivity contribution in [3.05, 3.63) is 28.3 Å². The van der Waals surface area contributed by atoms with Gasteiger partial charge in [-0.05, 0) is 43.5 Å². The summed E-state index contributed by atoms with van der Waals surface area (Å²) in [5.41, 5.74) is -0.569. The Balaban J connectivity index is 2.25. The Kier molecular flexibility index (Phi) is 4.26. The molecule has 106 valence electrons. The molecule has 6 heteroatoms. The highest BCUT2D eigenvalue weighted by atomic mass is 35.5. The molecule has 0 radical (unpaired) electrons. The highest BCUT2D eigenvalue weighted by Crippen LogP contribution is 2.37. The molecule has 1 saturated heterocycles. The maximum atomic E-state index is 12.7. The third-order valence-corrected chi connectivity index (χ3v) is 3.64. The molecule has 1 aromatic rings. The number of halogens is 4. The SMILES string of the molecule is Oc1c(Cl)cc(C(F)(F)F)cc1CC1CCCCN1. The van der Waals surface area contributed by atoms with Crippen LogP contribution in [0, 0.1) is 0 Å². The Morgan fingerprint density at radius 3 is 2.63 bits per heavy atom. The van der Waals surface area contributed by atoms with E-state index in [0.717, 1.165) is 37.9 Å². The van der Waals surface area contributed by atoms with Crippen LogP contribution in [0.25, 0.3) is 0 Å². The van der Waals surface area contributed by atoms with E-state index in [1.54, 1.807) is 0 Å². The lowest BCUT2D eigenvalue weighted by Crippen LogP contribution is -2.35. The first kappa shape index (κ1) is 14.5. The first-order chi connectivity index (χ1) is 8.88. The molecule has 0 spiro atoms. The first-order valence-electron chi connectivity index (χ1n) is 6.20. The zero-order chi connectivity index (χ0) is 14.0. The van der Waals surface area contributed by atoms with Gasteiger partial charge in [0.25, 0.3) is 0 Å². The Hall–Kier alpha value is -0.940. The molecule has 2 nitrogen and oxygen atoms in total. The number of alkyl halides is 3. The van der Waals surface area contributed by atoms with Crippen molar-refractivity contribution in [1.29, 1.82) is 0 Å². The van der Waals surface area contributed by atoms with Gasteiger partial charge in [-0.15, -0.1) is 0 Å². The number of phenols is 1. The minimum Gasteiger partial charge on any atom is -0.506 e. The summed E-state index contributed by atoms with van der Waals surface area (Å²) in [6, 6.07) is 1.84. The van der Waals surface area contributed by atoms with Crippen LogP contribution >= 0.6 is 11.6 Å². The average molecular weight is 294 g/mol. The summed E-state index contributed by atoms with van der Waals surface area (Å²) in [5.74, 6) is -0.248. The maximum absolute atomic E-state index is 12.7. The number of rotatable bonds is 2. The van der Waals surface area contributed by atoms with Crippen molar-refractivity contribution < 1.29 is 18.3 Å². The monoisotopic (exact) mass is 293 g/mol. The van der Waals surface area contributed by atoms with E-state index in [1.165, 1.54) is 0 Å². The molecule has 0 saturated carbocycles. The van der Waals surface area contributed by atoms with Gasteiger partial charge in [-0.25, -0.2) is 0 Å². The molecule has 0 amide bonds. The highest BCUT2D eigenvalue weighted by molar-refractivity contribution is 6.32. The van der Waals surface area contributed by atoms with Crippen molar-refractivity contribution in [2.24, 2.45) is 0 Å². The van der Waals surface area contributed by atoms with Crippen LogP contribution in [0.2, 0.25) is 5.02 Å². The molecule has 0 aliphatic carbocycles. The Morgan fingerprint density at radius 1 is 1.32 bits per heavy atom. The van der Waals surface area contributed by atoms with Crippen LogP contribution in [0.1, 0.15) is 30.4 Å². The number of hydrogen-bond acceptors (Lipinski definition) is 2. The van der Waals surface area contributed by atoms with Crippen molar-refractivity contribution >= 4 is 11.6 Å². The van der Waals surface area contributed by atoms with Crippen molar-refractivity contribution in [3.63, 3.8) is 0 Å². The first-order valence-corrected chi connectivity index (χ1v) is 6.57. The van der Waals surface area contributed by atoms with Crippen LogP contribution in [0.5, 0.6) is 5.75 Å². The second-order valence-electron chi connectivity index (χ2n) is 4.81. The van der Waals surface area contributed by atoms with Gasteiger partial charge in [0.2, 0.25) is 0 Å². The fourth-order valence-corrected chi connectivity index (χ4v) is 2.58. The molecular formula is C13H15ClF3NO. The Morgan fingerprint density at radius 2 is 2.05 bits per heavy atom. The maximum Gasteiger partial charge on any atom is 0.416 e. The lowest BCUT2D eigenvalue weighted by atomic mass is 9.96. The number of piperidine rings is 1. The molecule has 1 atom stereocenters. The summed E-state index contributed by atoms with van der Waals surface area (Å²) in [7, 11) is 0. The lowest BCUT2D eigenvalue weighted by molar-refractivity contribution is -0.137. The normalized spacial score (nSPS) is 20.5. The fraction of sp³-hybridized carbons (Fsp3) is 0.538. The molecule has 19 heavy (non-hydrogen) atoms. The van der Waals surface area contributed by atoms with Crippen LogP contribution < -0.4 is 5.32 Å². The van der Waals surface area contributed by atoms with Crippen molar-refractivity contribution in [3.8, 4) is 5.75 Å². The summed E-state index contributed by atoms with van der Waals surface area (Å²) in [4.78, 5) is 0. The number of nitrogens with one attached hydrogen (secondary N) is 1. The molecule has 1 unspecified atom stereocenters. The lowest BCUT2D eigenvalue weighted by Gasteiger charge is -2.24. The van der Waals surface area contributed by atoms with Gasteiger partial charge in [-0.1, -0.05) is 18.0 Å². The second kappa shape index (κ2) is 5.59. The van der Waals surface area contributed by atoms with Crippen LogP contribution in [0.3, 0.4) is 0 Å². The van der Waals surface area contributed by atoms with E-state index in [2.05, 4.69) is 5.32 Å². The number of phenolic OH excluding ortho intramolecular Hbond substituents is 1. The molecule has 0 bridgehead atoms. The minimum atomic E-state index is -4.45. The Labute approximate surface area is 114 Å². The van der Waals surface area contributed by atoms with Gasteiger partial charge in [0.15, 0.2) is 0 Å². The predicted octanol–water partition coefficient (Wildman–Crippen LogP) is 3.75. The largest absolute Gasteiger partial charge is 0.506 e. The number of benzene rings is 1. The van der Waals surface area contributed by atoms with Gasteiger partial charge in [-0.3, -0.25) is 0 Å². The van der Waals surface area contributed by atoms with Gasteiger partial charge in [0, 0.05) is 6.04 Å². The van der Waals surface area contributed by atoms with E-state index in [1.807, 2.05) is 0 Å². The fourth-order valence-electron chi connectivity index (χ4n) is 2.34. The van der Waals surface area contributed by atoms with Gasteiger partial charge >= 0.3 is 6.18 Å². The van der Waals surface area contributed by atoms with Crippen molar-refractivity contribution in [1.82, 2.24) is 5.32 Å². The van der Waals surface area contributed by atoms with Crippen LogP contribution in [0.15, 0.2) is 12.1 Å². The molecule has 0 aromatic heterocycles. The number of aromatic hydroxyl groups is 1. The standard InChI is InChI=1S/C13H15ClF3NO/c14-11-7-9(13(15,16)17)5-8(12(11)19)6-10-3-1-2-4-18-10/h5,7,10,18-19H,1-4,6H2. The zero-order valence-corrected chi connectivity index (χ0v) is 11.0. The van der Waals surface area contributed by atoms with E-state index >= 15 is 0 Å². The van der Waals surface area contributed by atoms with E-state index in [0.29, 0.717) is 6.42 Å². The molecule has 1 aliphatic heterocycles. The average Bonchev–Trinajstić information content (AvgIpc) is 2.34. The molecule has 2 rings (SSSR count). The van der Waals surface area contributed by atoms with Gasteiger partial charge in [-0.2, -0.15) is 13.2 Å². The highest BCUT2D eigenvalue weighted by Gasteiger charge is 2.32. The smallest absolute Gasteiger partial charge is 0.416 e.